The summed E-state index contributed by atoms with van der Waals surface area (Å²) >= 11 is 0. The molecule has 0 saturated heterocycles. The number of nitrogens with two attached hydrogens (primary N) is 1. The van der Waals surface area contributed by atoms with Gasteiger partial charge in [0.15, 0.2) is 0 Å². The number of ether oxygens (including phenoxy) is 1. The minimum Gasteiger partial charge on any atom is -0.497 e. The summed E-state index contributed by atoms with van der Waals surface area (Å²) in [6.45, 7) is 5.00. The molecule has 0 fully saturated rings. The van der Waals surface area contributed by atoms with Crippen molar-refractivity contribution in [3.8, 4) is 5.75 Å². The van der Waals surface area contributed by atoms with Crippen LogP contribution in [0.4, 0.5) is 0 Å². The zero-order chi connectivity index (χ0) is 27.8. The fourth-order valence-corrected chi connectivity index (χ4v) is 6.28. The van der Waals surface area contributed by atoms with E-state index in [1.54, 1.807) is 12.1 Å². The molecule has 0 spiro atoms. The molecule has 37 heavy (non-hydrogen) atoms. The van der Waals surface area contributed by atoms with E-state index in [-0.39, 0.29) is 30.3 Å². The van der Waals surface area contributed by atoms with Gasteiger partial charge < -0.3 is 15.2 Å². The van der Waals surface area contributed by atoms with E-state index in [1.807, 2.05) is 44.2 Å². The van der Waals surface area contributed by atoms with Crippen LogP contribution in [0.2, 0.25) is 0 Å². The van der Waals surface area contributed by atoms with Gasteiger partial charge in [0, 0.05) is 13.1 Å². The Morgan fingerprint density at radius 2 is 1.59 bits per heavy atom. The Morgan fingerprint density at radius 3 is 2.11 bits per heavy atom. The first-order chi connectivity index (χ1) is 17.2. The highest BCUT2D eigenvalue weighted by molar-refractivity contribution is 7.89. The highest BCUT2D eigenvalue weighted by Gasteiger charge is 2.32. The minimum absolute atomic E-state index is 0.0443. The number of amides is 1. The molecule has 2 aromatic rings. The summed E-state index contributed by atoms with van der Waals surface area (Å²) in [4.78, 5) is 12.8. The Balaban J connectivity index is 2.33. The van der Waals surface area contributed by atoms with Crippen molar-refractivity contribution in [1.29, 1.82) is 0 Å². The predicted octanol–water partition coefficient (Wildman–Crippen LogP) is 1.35. The molecule has 3 unspecified atom stereocenters. The maximum absolute atomic E-state index is 13.5. The van der Waals surface area contributed by atoms with Gasteiger partial charge in [-0.2, -0.15) is 4.31 Å². The Hall–Kier alpha value is -2.51. The Labute approximate surface area is 219 Å². The van der Waals surface area contributed by atoms with E-state index < -0.39 is 49.8 Å². The van der Waals surface area contributed by atoms with Crippen LogP contribution >= 0.6 is 0 Å². The number of sulfonamides is 2. The van der Waals surface area contributed by atoms with Gasteiger partial charge in [-0.05, 0) is 42.2 Å². The number of benzene rings is 2. The molecule has 0 heterocycles. The van der Waals surface area contributed by atoms with Crippen LogP contribution in [0.1, 0.15) is 26.3 Å². The average molecular weight is 556 g/mol. The van der Waals surface area contributed by atoms with Crippen molar-refractivity contribution < 1.29 is 31.5 Å². The highest BCUT2D eigenvalue weighted by atomic mass is 32.2. The molecule has 0 aliphatic carbocycles. The van der Waals surface area contributed by atoms with Crippen LogP contribution in [0, 0.1) is 11.8 Å². The monoisotopic (exact) mass is 555 g/mol. The first-order valence-corrected chi connectivity index (χ1v) is 15.1. The van der Waals surface area contributed by atoms with Gasteiger partial charge in [-0.3, -0.25) is 4.79 Å². The van der Waals surface area contributed by atoms with Crippen molar-refractivity contribution in [3.05, 3.63) is 60.2 Å². The van der Waals surface area contributed by atoms with Crippen LogP contribution in [0.15, 0.2) is 59.5 Å². The van der Waals surface area contributed by atoms with Gasteiger partial charge in [0.25, 0.3) is 0 Å². The zero-order valence-corrected chi connectivity index (χ0v) is 23.2. The Bertz CT molecular complexity index is 1220. The average Bonchev–Trinajstić information content (AvgIpc) is 2.82. The number of methoxy groups -OCH3 is 1. The van der Waals surface area contributed by atoms with E-state index in [0.717, 1.165) is 5.56 Å². The lowest BCUT2D eigenvalue weighted by molar-refractivity contribution is -0.125. The van der Waals surface area contributed by atoms with Crippen molar-refractivity contribution in [1.82, 2.24) is 9.62 Å². The highest BCUT2D eigenvalue weighted by Crippen LogP contribution is 2.22. The van der Waals surface area contributed by atoms with E-state index in [9.17, 15) is 26.7 Å². The molecule has 0 aliphatic heterocycles. The molecular formula is C25H37N3O7S2. The van der Waals surface area contributed by atoms with Crippen molar-refractivity contribution in [2.45, 2.75) is 44.2 Å². The van der Waals surface area contributed by atoms with Crippen LogP contribution in [0.5, 0.6) is 5.75 Å². The molecule has 0 bridgehead atoms. The first-order valence-electron chi connectivity index (χ1n) is 11.9. The summed E-state index contributed by atoms with van der Waals surface area (Å²) in [5.74, 6) is -1.67. The number of hydrogen-bond donors (Lipinski definition) is 3. The number of nitrogens with one attached hydrogen (secondary N) is 1. The summed E-state index contributed by atoms with van der Waals surface area (Å²) in [6, 6.07) is 14.2. The molecule has 0 radical (unpaired) electrons. The quantitative estimate of drug-likeness (QED) is 0.318. The molecule has 206 valence electrons. The molecule has 0 saturated carbocycles. The Kier molecular flexibility index (Phi) is 11.1. The number of rotatable bonds is 14. The molecule has 0 aromatic heterocycles. The van der Waals surface area contributed by atoms with Crippen molar-refractivity contribution >= 4 is 26.0 Å². The smallest absolute Gasteiger partial charge is 0.243 e. The fourth-order valence-electron chi connectivity index (χ4n) is 3.81. The first kappa shape index (κ1) is 30.7. The van der Waals surface area contributed by atoms with Gasteiger partial charge in [0.05, 0.1) is 35.8 Å². The topological polar surface area (TPSA) is 156 Å². The number of carbonyl (C=O) groups excluding carboxylic acids is 1. The molecule has 10 nitrogen and oxygen atoms in total. The SMILES string of the molecule is COc1ccc(S(=O)(=O)N(CC(C)C)CC(O)C(Cc2ccccc2)NC(=O)C(C)CS(N)(=O)=O)cc1. The second-order valence-electron chi connectivity index (χ2n) is 9.49. The van der Waals surface area contributed by atoms with Gasteiger partial charge in [-0.25, -0.2) is 22.0 Å². The fraction of sp³-hybridized carbons (Fsp3) is 0.480. The second-order valence-corrected chi connectivity index (χ2v) is 13.1. The van der Waals surface area contributed by atoms with Crippen LogP contribution < -0.4 is 15.2 Å². The van der Waals surface area contributed by atoms with Crippen LogP contribution in [0.3, 0.4) is 0 Å². The van der Waals surface area contributed by atoms with Gasteiger partial charge in [-0.1, -0.05) is 51.1 Å². The maximum atomic E-state index is 13.5. The lowest BCUT2D eigenvalue weighted by Crippen LogP contribution is -2.52. The van der Waals surface area contributed by atoms with Crippen LogP contribution in [0.25, 0.3) is 0 Å². The third-order valence-corrected chi connectivity index (χ3v) is 8.49. The predicted molar refractivity (Wildman–Crippen MR) is 142 cm³/mol. The summed E-state index contributed by atoms with van der Waals surface area (Å²) in [5.41, 5.74) is 0.805. The summed E-state index contributed by atoms with van der Waals surface area (Å²) in [7, 11) is -6.39. The minimum atomic E-state index is -3.98. The molecule has 12 heteroatoms. The third kappa shape index (κ3) is 9.71. The molecule has 3 atom stereocenters. The van der Waals surface area contributed by atoms with Crippen molar-refractivity contribution in [2.24, 2.45) is 17.0 Å². The largest absolute Gasteiger partial charge is 0.497 e. The van der Waals surface area contributed by atoms with E-state index in [0.29, 0.717) is 5.75 Å². The molecule has 2 rings (SSSR count). The van der Waals surface area contributed by atoms with Gasteiger partial charge in [0.1, 0.15) is 5.75 Å². The van der Waals surface area contributed by atoms with E-state index in [1.165, 1.54) is 30.5 Å². The van der Waals surface area contributed by atoms with E-state index >= 15 is 0 Å². The number of hydrogen-bond acceptors (Lipinski definition) is 7. The number of primary sulfonamides is 1. The molecule has 2 aromatic carbocycles. The summed E-state index contributed by atoms with van der Waals surface area (Å²) < 4.78 is 56.2. The Morgan fingerprint density at radius 1 is 1.00 bits per heavy atom. The van der Waals surface area contributed by atoms with Crippen molar-refractivity contribution in [2.75, 3.05) is 26.0 Å². The summed E-state index contributed by atoms with van der Waals surface area (Å²) in [6.07, 6.45) is -1.09. The molecule has 4 N–H and O–H groups in total. The lowest BCUT2D eigenvalue weighted by Gasteiger charge is -2.31. The number of nitrogens with zero attached hydrogens (tertiary/aromatic N) is 1. The lowest BCUT2D eigenvalue weighted by atomic mass is 10.00. The number of aliphatic hydroxyl groups excluding tert-OH is 1. The standard InChI is InChI=1S/C25H37N3O7S2/c1-18(2)15-28(37(33,34)22-12-10-21(35-4)11-13-22)16-24(29)23(14-20-8-6-5-7-9-20)27-25(30)19(3)17-36(26,31)32/h5-13,18-19,23-24,29H,14-17H2,1-4H3,(H,27,30)(H2,26,31,32). The van der Waals surface area contributed by atoms with Gasteiger partial charge >= 0.3 is 0 Å². The third-order valence-electron chi connectivity index (χ3n) is 5.68. The van der Waals surface area contributed by atoms with Crippen molar-refractivity contribution in [3.63, 3.8) is 0 Å². The van der Waals surface area contributed by atoms with Crippen LogP contribution in [-0.2, 0) is 31.3 Å². The van der Waals surface area contributed by atoms with Gasteiger partial charge in [0.2, 0.25) is 26.0 Å². The zero-order valence-electron chi connectivity index (χ0n) is 21.6. The number of aliphatic hydroxyl groups is 1. The number of carbonyl (C=O) groups is 1. The molecule has 0 aliphatic rings. The van der Waals surface area contributed by atoms with E-state index in [2.05, 4.69) is 5.32 Å². The van der Waals surface area contributed by atoms with Gasteiger partial charge in [-0.15, -0.1) is 0 Å². The maximum Gasteiger partial charge on any atom is 0.243 e. The van der Waals surface area contributed by atoms with Crippen LogP contribution in [-0.4, -0.2) is 70.3 Å². The molecular weight excluding hydrogens is 518 g/mol. The normalized spacial score (nSPS) is 14.8. The molecule has 1 amide bonds. The summed E-state index contributed by atoms with van der Waals surface area (Å²) in [5, 5.41) is 19.0. The van der Waals surface area contributed by atoms with E-state index in [4.69, 9.17) is 9.88 Å². The second kappa shape index (κ2) is 13.3.